The van der Waals surface area contributed by atoms with Gasteiger partial charge in [0.25, 0.3) is 0 Å². The van der Waals surface area contributed by atoms with Gasteiger partial charge in [0.05, 0.1) is 11.1 Å². The van der Waals surface area contributed by atoms with Crippen molar-refractivity contribution < 1.29 is 4.39 Å². The number of anilines is 1. The van der Waals surface area contributed by atoms with Crippen LogP contribution in [0.15, 0.2) is 18.2 Å². The monoisotopic (exact) mass is 198 g/mol. The zero-order valence-corrected chi connectivity index (χ0v) is 7.77. The third-order valence-corrected chi connectivity index (χ3v) is 1.79. The van der Waals surface area contributed by atoms with E-state index in [4.69, 9.17) is 16.9 Å². The van der Waals surface area contributed by atoms with E-state index < -0.39 is 5.82 Å². The number of hydrogen-bond acceptors (Lipinski definition) is 2. The normalized spacial score (nSPS) is 11.8. The van der Waals surface area contributed by atoms with Crippen LogP contribution in [0.3, 0.4) is 0 Å². The van der Waals surface area contributed by atoms with Gasteiger partial charge in [-0.2, -0.15) is 5.26 Å². The van der Waals surface area contributed by atoms with Crippen LogP contribution in [0.1, 0.15) is 6.92 Å². The molecule has 1 atom stereocenters. The summed E-state index contributed by atoms with van der Waals surface area (Å²) < 4.78 is 12.7. The van der Waals surface area contributed by atoms with Crippen LogP contribution in [0.2, 0.25) is 5.02 Å². The number of nitrogens with zero attached hydrogens (tertiary/aromatic N) is 1. The van der Waals surface area contributed by atoms with Gasteiger partial charge in [-0.1, -0.05) is 11.6 Å². The van der Waals surface area contributed by atoms with Crippen LogP contribution in [0.4, 0.5) is 10.1 Å². The largest absolute Gasteiger partial charge is 0.370 e. The molecule has 0 bridgehead atoms. The second-order valence-electron chi connectivity index (χ2n) is 2.62. The third-order valence-electron chi connectivity index (χ3n) is 1.50. The molecule has 0 saturated carbocycles. The second kappa shape index (κ2) is 4.11. The lowest BCUT2D eigenvalue weighted by Gasteiger charge is -2.07. The van der Waals surface area contributed by atoms with Crippen LogP contribution in [0, 0.1) is 17.1 Å². The summed E-state index contributed by atoms with van der Waals surface area (Å²) in [6.07, 6.45) is 0. The number of nitrogens with one attached hydrogen (secondary N) is 1. The fraction of sp³-hybridized carbons (Fsp3) is 0.222. The summed E-state index contributed by atoms with van der Waals surface area (Å²) >= 11 is 5.54. The first-order valence-corrected chi connectivity index (χ1v) is 4.12. The van der Waals surface area contributed by atoms with E-state index in [1.54, 1.807) is 6.92 Å². The number of benzene rings is 1. The van der Waals surface area contributed by atoms with E-state index >= 15 is 0 Å². The Kier molecular flexibility index (Phi) is 3.10. The van der Waals surface area contributed by atoms with Gasteiger partial charge in [-0.05, 0) is 25.1 Å². The van der Waals surface area contributed by atoms with Crippen LogP contribution in [0.5, 0.6) is 0 Å². The zero-order valence-electron chi connectivity index (χ0n) is 7.01. The molecule has 1 N–H and O–H groups in total. The molecule has 1 unspecified atom stereocenters. The van der Waals surface area contributed by atoms with E-state index in [0.29, 0.717) is 5.69 Å². The van der Waals surface area contributed by atoms with Gasteiger partial charge < -0.3 is 5.32 Å². The van der Waals surface area contributed by atoms with Crippen molar-refractivity contribution >= 4 is 17.3 Å². The van der Waals surface area contributed by atoms with Gasteiger partial charge in [-0.25, -0.2) is 4.39 Å². The molecule has 4 heteroatoms. The Morgan fingerprint density at radius 2 is 2.31 bits per heavy atom. The standard InChI is InChI=1S/C9H8ClFN2/c1-6(5-12)13-7-2-3-9(11)8(10)4-7/h2-4,6,13H,1H3. The van der Waals surface area contributed by atoms with E-state index in [0.717, 1.165) is 0 Å². The van der Waals surface area contributed by atoms with Crippen LogP contribution < -0.4 is 5.32 Å². The van der Waals surface area contributed by atoms with Gasteiger partial charge in [0.2, 0.25) is 0 Å². The Morgan fingerprint density at radius 3 is 2.85 bits per heavy atom. The maximum absolute atomic E-state index is 12.7. The Morgan fingerprint density at radius 1 is 1.62 bits per heavy atom. The minimum atomic E-state index is -0.461. The number of nitriles is 1. The van der Waals surface area contributed by atoms with Crippen molar-refractivity contribution in [2.45, 2.75) is 13.0 Å². The topological polar surface area (TPSA) is 35.8 Å². The maximum Gasteiger partial charge on any atom is 0.141 e. The average Bonchev–Trinajstić information content (AvgIpc) is 2.11. The first-order chi connectivity index (χ1) is 6.13. The summed E-state index contributed by atoms with van der Waals surface area (Å²) in [5, 5.41) is 11.4. The molecular formula is C9H8ClFN2. The molecule has 1 rings (SSSR count). The lowest BCUT2D eigenvalue weighted by Crippen LogP contribution is -2.11. The first-order valence-electron chi connectivity index (χ1n) is 3.74. The van der Waals surface area contributed by atoms with Crippen molar-refractivity contribution in [3.8, 4) is 6.07 Å². The molecule has 0 aliphatic rings. The maximum atomic E-state index is 12.7. The lowest BCUT2D eigenvalue weighted by atomic mass is 10.3. The van der Waals surface area contributed by atoms with Gasteiger partial charge in [-0.15, -0.1) is 0 Å². The number of halogens is 2. The van der Waals surface area contributed by atoms with Gasteiger partial charge in [0.1, 0.15) is 11.9 Å². The Bertz CT molecular complexity index is 346. The highest BCUT2D eigenvalue weighted by atomic mass is 35.5. The highest BCUT2D eigenvalue weighted by Gasteiger charge is 2.02. The molecule has 0 saturated heterocycles. The zero-order chi connectivity index (χ0) is 9.84. The molecule has 0 aliphatic heterocycles. The fourth-order valence-corrected chi connectivity index (χ4v) is 1.05. The van der Waals surface area contributed by atoms with Crippen molar-refractivity contribution in [3.63, 3.8) is 0 Å². The average molecular weight is 199 g/mol. The Hall–Kier alpha value is -1.27. The van der Waals surface area contributed by atoms with Crippen molar-refractivity contribution in [3.05, 3.63) is 29.0 Å². The molecule has 0 aromatic heterocycles. The van der Waals surface area contributed by atoms with E-state index in [-0.39, 0.29) is 11.1 Å². The molecular weight excluding hydrogens is 191 g/mol. The Labute approximate surface area is 80.9 Å². The highest BCUT2D eigenvalue weighted by molar-refractivity contribution is 6.31. The summed E-state index contributed by atoms with van der Waals surface area (Å²) in [6, 6.07) is 5.93. The molecule has 0 fully saturated rings. The van der Waals surface area contributed by atoms with Crippen LogP contribution in [-0.4, -0.2) is 6.04 Å². The second-order valence-corrected chi connectivity index (χ2v) is 3.03. The summed E-state index contributed by atoms with van der Waals surface area (Å²) in [5.41, 5.74) is 0.639. The highest BCUT2D eigenvalue weighted by Crippen LogP contribution is 2.19. The predicted octanol–water partition coefficient (Wildman–Crippen LogP) is 2.80. The first kappa shape index (κ1) is 9.82. The minimum absolute atomic E-state index is 0.0511. The molecule has 0 amide bonds. The molecule has 13 heavy (non-hydrogen) atoms. The van der Waals surface area contributed by atoms with E-state index in [1.165, 1.54) is 18.2 Å². The minimum Gasteiger partial charge on any atom is -0.370 e. The fourth-order valence-electron chi connectivity index (χ4n) is 0.868. The molecule has 1 aromatic carbocycles. The van der Waals surface area contributed by atoms with Gasteiger partial charge in [0.15, 0.2) is 0 Å². The van der Waals surface area contributed by atoms with Crippen molar-refractivity contribution in [1.29, 1.82) is 5.26 Å². The number of rotatable bonds is 2. The summed E-state index contributed by atoms with van der Waals surface area (Å²) in [6.45, 7) is 1.71. The summed E-state index contributed by atoms with van der Waals surface area (Å²) in [4.78, 5) is 0. The predicted molar refractivity (Wildman–Crippen MR) is 50.1 cm³/mol. The Balaban J connectivity index is 2.81. The summed E-state index contributed by atoms with van der Waals surface area (Å²) in [5.74, 6) is -0.461. The van der Waals surface area contributed by atoms with Crippen LogP contribution in [0.25, 0.3) is 0 Å². The van der Waals surface area contributed by atoms with Crippen molar-refractivity contribution in [2.24, 2.45) is 0 Å². The van der Waals surface area contributed by atoms with E-state index in [9.17, 15) is 4.39 Å². The molecule has 1 aromatic rings. The molecule has 68 valence electrons. The van der Waals surface area contributed by atoms with Gasteiger partial charge in [-0.3, -0.25) is 0 Å². The third kappa shape index (κ3) is 2.60. The molecule has 0 spiro atoms. The van der Waals surface area contributed by atoms with E-state index in [1.807, 2.05) is 6.07 Å². The molecule has 0 aliphatic carbocycles. The smallest absolute Gasteiger partial charge is 0.141 e. The number of hydrogen-bond donors (Lipinski definition) is 1. The van der Waals surface area contributed by atoms with Gasteiger partial charge in [0, 0.05) is 5.69 Å². The van der Waals surface area contributed by atoms with Gasteiger partial charge >= 0.3 is 0 Å². The van der Waals surface area contributed by atoms with Crippen LogP contribution >= 0.6 is 11.6 Å². The molecule has 2 nitrogen and oxygen atoms in total. The molecule has 0 radical (unpaired) electrons. The summed E-state index contributed by atoms with van der Waals surface area (Å²) in [7, 11) is 0. The lowest BCUT2D eigenvalue weighted by molar-refractivity contribution is 0.628. The van der Waals surface area contributed by atoms with Crippen LogP contribution in [-0.2, 0) is 0 Å². The van der Waals surface area contributed by atoms with Crippen molar-refractivity contribution in [2.75, 3.05) is 5.32 Å². The van der Waals surface area contributed by atoms with Crippen molar-refractivity contribution in [1.82, 2.24) is 0 Å². The van der Waals surface area contributed by atoms with E-state index in [2.05, 4.69) is 5.32 Å². The SMILES string of the molecule is CC(C#N)Nc1ccc(F)c(Cl)c1. The quantitative estimate of drug-likeness (QED) is 0.793. The molecule has 0 heterocycles.